The van der Waals surface area contributed by atoms with Gasteiger partial charge in [0.1, 0.15) is 0 Å². The Kier molecular flexibility index (Phi) is 4.99. The molecule has 0 atom stereocenters. The molecule has 1 N–H and O–H groups in total. The van der Waals surface area contributed by atoms with E-state index in [9.17, 15) is 18.0 Å². The van der Waals surface area contributed by atoms with Crippen LogP contribution in [0, 0.1) is 6.92 Å². The molecule has 1 amide bonds. The van der Waals surface area contributed by atoms with Gasteiger partial charge in [0.15, 0.2) is 0 Å². The first kappa shape index (κ1) is 19.6. The summed E-state index contributed by atoms with van der Waals surface area (Å²) in [7, 11) is 0. The molecule has 0 spiro atoms. The van der Waals surface area contributed by atoms with E-state index in [0.717, 1.165) is 23.3 Å². The number of halogens is 3. The number of carbonyl (C=O) groups excluding carboxylic acids is 1. The number of rotatable bonds is 3. The van der Waals surface area contributed by atoms with Gasteiger partial charge in [-0.05, 0) is 37.3 Å². The van der Waals surface area contributed by atoms with Gasteiger partial charge in [-0.2, -0.15) is 13.2 Å². The highest BCUT2D eigenvalue weighted by Crippen LogP contribution is 2.31. The molecule has 0 aliphatic carbocycles. The van der Waals surface area contributed by atoms with Crippen molar-refractivity contribution in [2.24, 2.45) is 0 Å². The highest BCUT2D eigenvalue weighted by Gasteiger charge is 2.30. The highest BCUT2D eigenvalue weighted by atomic mass is 19.4. The Balaban J connectivity index is 1.76. The minimum absolute atomic E-state index is 0.0765. The zero-order valence-corrected chi connectivity index (χ0v) is 16.0. The number of alkyl halides is 3. The standard InChI is InChI=1S/C24H17F3N2O/c1-15-9-11-16(12-10-15)22-14-20(19-7-2-3-8-21(19)29-22)23(30)28-18-6-4-5-17(13-18)24(25,26)27/h2-14H,1H3,(H,28,30). The molecular formula is C24H17F3N2O. The molecule has 30 heavy (non-hydrogen) atoms. The maximum absolute atomic E-state index is 13.0. The summed E-state index contributed by atoms with van der Waals surface area (Å²) in [6.07, 6.45) is -4.48. The third-order valence-electron chi connectivity index (χ3n) is 4.76. The second kappa shape index (κ2) is 7.63. The van der Waals surface area contributed by atoms with E-state index in [2.05, 4.69) is 10.3 Å². The van der Waals surface area contributed by atoms with E-state index >= 15 is 0 Å². The molecule has 1 aromatic heterocycles. The molecule has 4 rings (SSSR count). The number of carbonyl (C=O) groups is 1. The number of amides is 1. The predicted octanol–water partition coefficient (Wildman–Crippen LogP) is 6.48. The van der Waals surface area contributed by atoms with E-state index in [1.165, 1.54) is 12.1 Å². The smallest absolute Gasteiger partial charge is 0.322 e. The fourth-order valence-corrected chi connectivity index (χ4v) is 3.21. The lowest BCUT2D eigenvalue weighted by Crippen LogP contribution is -2.14. The van der Waals surface area contributed by atoms with Crippen LogP contribution in [0.3, 0.4) is 0 Å². The van der Waals surface area contributed by atoms with Crippen LogP contribution in [-0.4, -0.2) is 10.9 Å². The Labute approximate surface area is 171 Å². The first-order chi connectivity index (χ1) is 14.3. The van der Waals surface area contributed by atoms with Gasteiger partial charge >= 0.3 is 6.18 Å². The summed E-state index contributed by atoms with van der Waals surface area (Å²) in [5.74, 6) is -0.499. The first-order valence-electron chi connectivity index (χ1n) is 9.27. The molecule has 0 unspecified atom stereocenters. The molecule has 0 saturated carbocycles. The van der Waals surface area contributed by atoms with E-state index in [1.54, 1.807) is 24.3 Å². The van der Waals surface area contributed by atoms with Crippen molar-refractivity contribution in [2.45, 2.75) is 13.1 Å². The van der Waals surface area contributed by atoms with E-state index in [1.807, 2.05) is 37.3 Å². The number of para-hydroxylation sites is 1. The van der Waals surface area contributed by atoms with Gasteiger partial charge in [0, 0.05) is 16.6 Å². The van der Waals surface area contributed by atoms with Crippen LogP contribution in [0.1, 0.15) is 21.5 Å². The van der Waals surface area contributed by atoms with Crippen LogP contribution in [0.25, 0.3) is 22.2 Å². The van der Waals surface area contributed by atoms with Crippen LogP contribution >= 0.6 is 0 Å². The molecule has 0 aliphatic heterocycles. The van der Waals surface area contributed by atoms with Gasteiger partial charge in [0.25, 0.3) is 5.91 Å². The molecule has 3 nitrogen and oxygen atoms in total. The van der Waals surface area contributed by atoms with Crippen molar-refractivity contribution in [1.82, 2.24) is 4.98 Å². The number of anilines is 1. The van der Waals surface area contributed by atoms with Crippen molar-refractivity contribution in [2.75, 3.05) is 5.32 Å². The minimum Gasteiger partial charge on any atom is -0.322 e. The van der Waals surface area contributed by atoms with Crippen molar-refractivity contribution in [3.05, 3.63) is 95.6 Å². The minimum atomic E-state index is -4.48. The van der Waals surface area contributed by atoms with Crippen LogP contribution in [0.15, 0.2) is 78.9 Å². The predicted molar refractivity (Wildman–Crippen MR) is 111 cm³/mol. The molecule has 1 heterocycles. The van der Waals surface area contributed by atoms with Crippen molar-refractivity contribution in [3.63, 3.8) is 0 Å². The van der Waals surface area contributed by atoms with E-state index < -0.39 is 17.6 Å². The van der Waals surface area contributed by atoms with E-state index in [4.69, 9.17) is 0 Å². The third-order valence-corrected chi connectivity index (χ3v) is 4.76. The summed E-state index contributed by atoms with van der Waals surface area (Å²) in [5.41, 5.74) is 2.79. The first-order valence-corrected chi connectivity index (χ1v) is 9.27. The number of aryl methyl sites for hydroxylation is 1. The number of aromatic nitrogens is 1. The van der Waals surface area contributed by atoms with Crippen LogP contribution in [0.2, 0.25) is 0 Å². The SMILES string of the molecule is Cc1ccc(-c2cc(C(=O)Nc3cccc(C(F)(F)F)c3)c3ccccc3n2)cc1. The van der Waals surface area contributed by atoms with Gasteiger partial charge < -0.3 is 5.32 Å². The molecular weight excluding hydrogens is 389 g/mol. The highest BCUT2D eigenvalue weighted by molar-refractivity contribution is 6.13. The molecule has 0 radical (unpaired) electrons. The summed E-state index contributed by atoms with van der Waals surface area (Å²) in [6.45, 7) is 1.98. The number of nitrogens with one attached hydrogen (secondary N) is 1. The maximum atomic E-state index is 13.0. The van der Waals surface area contributed by atoms with Crippen LogP contribution in [0.4, 0.5) is 18.9 Å². The summed E-state index contributed by atoms with van der Waals surface area (Å²) >= 11 is 0. The Morgan fingerprint density at radius 3 is 2.37 bits per heavy atom. The van der Waals surface area contributed by atoms with Crippen LogP contribution in [-0.2, 0) is 6.18 Å². The lowest BCUT2D eigenvalue weighted by atomic mass is 10.0. The lowest BCUT2D eigenvalue weighted by molar-refractivity contribution is -0.137. The van der Waals surface area contributed by atoms with Gasteiger partial charge in [-0.25, -0.2) is 4.98 Å². The van der Waals surface area contributed by atoms with Crippen molar-refractivity contribution in [1.29, 1.82) is 0 Å². The maximum Gasteiger partial charge on any atom is 0.416 e. The van der Waals surface area contributed by atoms with Gasteiger partial charge in [-0.15, -0.1) is 0 Å². The van der Waals surface area contributed by atoms with Crippen molar-refractivity contribution >= 4 is 22.5 Å². The number of hydrogen-bond donors (Lipinski definition) is 1. The summed E-state index contributed by atoms with van der Waals surface area (Å²) < 4.78 is 39.0. The summed E-state index contributed by atoms with van der Waals surface area (Å²) in [4.78, 5) is 17.6. The number of fused-ring (bicyclic) bond motifs is 1. The molecule has 150 valence electrons. The van der Waals surface area contributed by atoms with Crippen molar-refractivity contribution in [3.8, 4) is 11.3 Å². The Bertz CT molecular complexity index is 1230. The van der Waals surface area contributed by atoms with Gasteiger partial charge in [0.05, 0.1) is 22.3 Å². The Morgan fingerprint density at radius 2 is 1.63 bits per heavy atom. The Hall–Kier alpha value is -3.67. The molecule has 3 aromatic carbocycles. The molecule has 0 bridgehead atoms. The third kappa shape index (κ3) is 4.03. The second-order valence-corrected chi connectivity index (χ2v) is 6.97. The number of hydrogen-bond acceptors (Lipinski definition) is 2. The van der Waals surface area contributed by atoms with E-state index in [-0.39, 0.29) is 5.69 Å². The molecule has 0 aliphatic rings. The second-order valence-electron chi connectivity index (χ2n) is 6.97. The van der Waals surface area contributed by atoms with Gasteiger partial charge in [-0.1, -0.05) is 54.1 Å². The zero-order chi connectivity index (χ0) is 21.3. The number of nitrogens with zero attached hydrogens (tertiary/aromatic N) is 1. The molecule has 0 saturated heterocycles. The number of benzene rings is 3. The molecule has 0 fully saturated rings. The lowest BCUT2D eigenvalue weighted by Gasteiger charge is -2.12. The summed E-state index contributed by atoms with van der Waals surface area (Å²) in [5, 5.41) is 3.21. The summed E-state index contributed by atoms with van der Waals surface area (Å²) in [6, 6.07) is 21.2. The number of pyridine rings is 1. The molecule has 6 heteroatoms. The Morgan fingerprint density at radius 1 is 0.900 bits per heavy atom. The quantitative estimate of drug-likeness (QED) is 0.423. The monoisotopic (exact) mass is 406 g/mol. The van der Waals surface area contributed by atoms with Crippen LogP contribution < -0.4 is 5.32 Å². The zero-order valence-electron chi connectivity index (χ0n) is 16.0. The van der Waals surface area contributed by atoms with E-state index in [0.29, 0.717) is 22.2 Å². The van der Waals surface area contributed by atoms with Crippen molar-refractivity contribution < 1.29 is 18.0 Å². The normalized spacial score (nSPS) is 11.5. The fourth-order valence-electron chi connectivity index (χ4n) is 3.21. The topological polar surface area (TPSA) is 42.0 Å². The molecule has 4 aromatic rings. The largest absolute Gasteiger partial charge is 0.416 e. The van der Waals surface area contributed by atoms with Crippen LogP contribution in [0.5, 0.6) is 0 Å². The average Bonchev–Trinajstić information content (AvgIpc) is 2.73. The van der Waals surface area contributed by atoms with Gasteiger partial charge in [-0.3, -0.25) is 4.79 Å². The fraction of sp³-hybridized carbons (Fsp3) is 0.0833. The van der Waals surface area contributed by atoms with Gasteiger partial charge in [0.2, 0.25) is 0 Å². The average molecular weight is 406 g/mol.